The first-order chi connectivity index (χ1) is 41.6. The molecule has 1 aliphatic carbocycles. The quantitative estimate of drug-likeness (QED) is 0.0456. The third-order valence-electron chi connectivity index (χ3n) is 17.0. The van der Waals surface area contributed by atoms with Crippen molar-refractivity contribution in [3.05, 3.63) is 122 Å². The van der Waals surface area contributed by atoms with E-state index in [-0.39, 0.29) is 114 Å². The van der Waals surface area contributed by atoms with Gasteiger partial charge < -0.3 is 71.4 Å². The summed E-state index contributed by atoms with van der Waals surface area (Å²) in [5, 5.41) is 76.7. The molecule has 27 heteroatoms. The maximum absolute atomic E-state index is 16.0. The first kappa shape index (κ1) is 63.6. The number of methoxy groups -OCH3 is 1. The van der Waals surface area contributed by atoms with Crippen LogP contribution in [-0.2, 0) is 35.0 Å². The highest BCUT2D eigenvalue weighted by atomic mass is 19.1. The minimum absolute atomic E-state index is 0.0301. The van der Waals surface area contributed by atoms with Crippen LogP contribution in [0.25, 0.3) is 27.5 Å². The van der Waals surface area contributed by atoms with Gasteiger partial charge in [-0.1, -0.05) is 32.1 Å². The zero-order valence-electron chi connectivity index (χ0n) is 49.0. The second-order valence-corrected chi connectivity index (χ2v) is 22.8. The first-order valence-corrected chi connectivity index (χ1v) is 28.2. The summed E-state index contributed by atoms with van der Waals surface area (Å²) >= 11 is 0. The maximum atomic E-state index is 16.0. The van der Waals surface area contributed by atoms with Crippen molar-refractivity contribution in [3.63, 3.8) is 0 Å². The van der Waals surface area contributed by atoms with Gasteiger partial charge in [0.15, 0.2) is 28.6 Å². The van der Waals surface area contributed by atoms with E-state index in [1.165, 1.54) is 63.3 Å². The fourth-order valence-electron chi connectivity index (χ4n) is 11.8. The molecule has 2 aromatic heterocycles. The van der Waals surface area contributed by atoms with E-state index < -0.39 is 140 Å². The number of anilines is 2. The summed E-state index contributed by atoms with van der Waals surface area (Å²) in [5.41, 5.74) is 8.26. The van der Waals surface area contributed by atoms with E-state index in [0.717, 1.165) is 42.1 Å². The molecule has 3 aromatic carbocycles. The predicted octanol–water partition coefficient (Wildman–Crippen LogP) is 4.16. The van der Waals surface area contributed by atoms with Crippen LogP contribution in [0.15, 0.2) is 76.5 Å². The minimum Gasteiger partial charge on any atom is -0.507 e. The van der Waals surface area contributed by atoms with E-state index in [9.17, 15) is 63.8 Å². The lowest BCUT2D eigenvalue weighted by atomic mass is 9.84. The second kappa shape index (κ2) is 25.1. The lowest BCUT2D eigenvalue weighted by Gasteiger charge is -2.37. The van der Waals surface area contributed by atoms with E-state index in [0.29, 0.717) is 6.07 Å². The van der Waals surface area contributed by atoms with Crippen molar-refractivity contribution in [3.8, 4) is 22.9 Å². The molecule has 468 valence electrons. The number of ketones is 1. The van der Waals surface area contributed by atoms with Crippen LogP contribution in [0, 0.1) is 42.1 Å². The Kier molecular flexibility index (Phi) is 18.1. The number of halogens is 3. The van der Waals surface area contributed by atoms with Crippen molar-refractivity contribution in [1.82, 2.24) is 19.5 Å². The standard InChI is InChI=1S/C61H68F3N9O15/c1-27-9-8-10-28(2)58(82)68-47-36(51(78)43-42-35(29(3)49(76)44(43)52(47)79)23-61(6,55(42)81)87-20-14-41(86-7)30(4)54(88-31(5)74)46(66)53(80)45(65)48(27)75)24-67-72-18-16-70(17-19-72)59(83)32-13-15-71(25-32)57-39(64)22-34-50(77)37(60(84)85)26-73(56(34)69-57)40-12-11-33(62)21-38(40)63/h8-12,14,20-22,24,26-27,30,32,41,45-46,48,53-54,75-76,78-80H,13,15-19,23,25,65-66H2,1-7H3,(H,68,82)(H,84,85)/b9-8+,20-14?,28-10-,67-24+/t27-,30+,32?,41-,45+,46+,48-,53+,54+,61-/m0/s1. The van der Waals surface area contributed by atoms with E-state index in [1.54, 1.807) is 23.8 Å². The number of aliphatic hydroxyl groups is 2. The molecule has 0 spiro atoms. The number of aromatic carboxylic acids is 1. The van der Waals surface area contributed by atoms with Gasteiger partial charge in [-0.25, -0.2) is 22.9 Å². The maximum Gasteiger partial charge on any atom is 0.341 e. The Morgan fingerprint density at radius 1 is 0.920 bits per heavy atom. The topological polar surface area (TPSA) is 355 Å². The molecular formula is C61H68F3N9O15. The number of amides is 2. The number of nitrogens with zero attached hydrogens (tertiary/aromatic N) is 6. The number of hydrogen-bond donors (Lipinski definition) is 9. The van der Waals surface area contributed by atoms with Crippen LogP contribution in [-0.4, -0.2) is 174 Å². The summed E-state index contributed by atoms with van der Waals surface area (Å²) in [6.07, 6.45) is 3.78. The van der Waals surface area contributed by atoms with Crippen LogP contribution >= 0.6 is 0 Å². The SMILES string of the molecule is CO[C@H]1C=CO[C@@]2(C)Cc3c(C)c(O)c4c(O)c(c(/C=N/N5CCN(C(=O)C6CCN(c7nc8c(cc7F)c(=O)c(C(=O)O)cn8-c7ccc(F)cc7F)C6)CC5)c(O)c4c3C2=O)NC(=O)/C(C)=C\C=C\[C@H](C)[C@H](O)[C@@H](N)[C@@H](O)[C@@H](N)[C@H](OC(C)=O)[C@@H]1C. The third kappa shape index (κ3) is 11.9. The molecular weight excluding hydrogens is 1160 g/mol. The molecule has 11 N–H and O–H groups in total. The van der Waals surface area contributed by atoms with Gasteiger partial charge >= 0.3 is 11.9 Å². The number of aromatic nitrogens is 2. The molecule has 5 bridgehead atoms. The van der Waals surface area contributed by atoms with Crippen molar-refractivity contribution >= 4 is 69.1 Å². The number of carboxylic acid groups (broad SMARTS) is 1. The normalized spacial score (nSPS) is 26.6. The fraction of sp³-hybridized carbons (Fsp3) is 0.410. The molecule has 88 heavy (non-hydrogen) atoms. The van der Waals surface area contributed by atoms with Crippen LogP contribution in [0.4, 0.5) is 24.7 Å². The summed E-state index contributed by atoms with van der Waals surface area (Å²) in [5.74, 6) is -11.7. The van der Waals surface area contributed by atoms with Gasteiger partial charge in [0.2, 0.25) is 17.1 Å². The van der Waals surface area contributed by atoms with Crippen LogP contribution in [0.3, 0.4) is 0 Å². The molecule has 24 nitrogen and oxygen atoms in total. The summed E-state index contributed by atoms with van der Waals surface area (Å²) in [6.45, 7) is 9.32. The molecule has 6 heterocycles. The van der Waals surface area contributed by atoms with Crippen LogP contribution in [0.5, 0.6) is 17.2 Å². The number of carbonyl (C=O) groups is 5. The highest BCUT2D eigenvalue weighted by molar-refractivity contribution is 6.23. The highest BCUT2D eigenvalue weighted by Crippen LogP contribution is 2.53. The van der Waals surface area contributed by atoms with E-state index >= 15 is 8.78 Å². The molecule has 2 fully saturated rings. The zero-order chi connectivity index (χ0) is 64.1. The van der Waals surface area contributed by atoms with E-state index in [4.69, 9.17) is 25.7 Å². The Morgan fingerprint density at radius 3 is 2.28 bits per heavy atom. The number of allylic oxidation sites excluding steroid dienone is 2. The molecule has 5 aliphatic rings. The van der Waals surface area contributed by atoms with E-state index in [2.05, 4.69) is 15.4 Å². The highest BCUT2D eigenvalue weighted by Gasteiger charge is 2.48. The number of rotatable bonds is 8. The number of esters is 1. The molecule has 0 radical (unpaired) electrons. The summed E-state index contributed by atoms with van der Waals surface area (Å²) in [6, 6.07) is 0.537. The molecule has 2 amide bonds. The molecule has 1 unspecified atom stereocenters. The van der Waals surface area contributed by atoms with Crippen LogP contribution in [0.2, 0.25) is 0 Å². The number of benzene rings is 3. The van der Waals surface area contributed by atoms with E-state index in [1.807, 2.05) is 0 Å². The molecule has 5 aromatic rings. The fourth-order valence-corrected chi connectivity index (χ4v) is 11.8. The minimum atomic E-state index is -1.72. The van der Waals surface area contributed by atoms with Crippen molar-refractivity contribution < 1.29 is 82.0 Å². The lowest BCUT2D eigenvalue weighted by Crippen LogP contribution is -2.60. The van der Waals surface area contributed by atoms with Crippen molar-refractivity contribution in [1.29, 1.82) is 0 Å². The lowest BCUT2D eigenvalue weighted by molar-refractivity contribution is -0.155. The summed E-state index contributed by atoms with van der Waals surface area (Å²) < 4.78 is 63.5. The predicted molar refractivity (Wildman–Crippen MR) is 315 cm³/mol. The third-order valence-corrected chi connectivity index (χ3v) is 17.0. The number of piperazine rings is 1. The number of pyridine rings is 2. The number of Topliss-reactive ketones (excluding diaryl/α,β-unsaturated/α-hetero) is 1. The molecule has 10 rings (SSSR count). The van der Waals surface area contributed by atoms with Gasteiger partial charge in [-0.15, -0.1) is 0 Å². The molecule has 2 saturated heterocycles. The van der Waals surface area contributed by atoms with Gasteiger partial charge in [0.25, 0.3) is 5.91 Å². The number of carboxylic acids is 1. The number of fused-ring (bicyclic) bond motifs is 15. The molecule has 4 aliphatic heterocycles. The Bertz CT molecular complexity index is 3870. The Morgan fingerprint density at radius 2 is 1.62 bits per heavy atom. The second-order valence-electron chi connectivity index (χ2n) is 22.8. The Balaban J connectivity index is 1.01. The van der Waals surface area contributed by atoms with Crippen molar-refractivity contribution in [2.24, 2.45) is 34.3 Å². The van der Waals surface area contributed by atoms with Gasteiger partial charge in [-0.2, -0.15) is 5.10 Å². The number of hydrazone groups is 1. The first-order valence-electron chi connectivity index (χ1n) is 28.2. The number of nitrogens with one attached hydrogen (secondary N) is 1. The number of aliphatic hydroxyl groups excluding tert-OH is 2. The summed E-state index contributed by atoms with van der Waals surface area (Å²) in [4.78, 5) is 88.1. The Labute approximate surface area is 501 Å². The number of carbonyl (C=O) groups excluding carboxylic acids is 4. The number of aromatic hydroxyl groups is 3. The monoisotopic (exact) mass is 1220 g/mol. The summed E-state index contributed by atoms with van der Waals surface area (Å²) in [7, 11) is 1.36. The van der Waals surface area contributed by atoms with Gasteiger partial charge in [0, 0.05) is 87.3 Å². The zero-order valence-corrected chi connectivity index (χ0v) is 49.0. The number of phenolic OH excluding ortho intramolecular Hbond substituents is 3. The molecule has 0 saturated carbocycles. The van der Waals surface area contributed by atoms with Gasteiger partial charge in [-0.3, -0.25) is 33.5 Å². The van der Waals surface area contributed by atoms with Gasteiger partial charge in [0.05, 0.1) is 89.6 Å². The number of ether oxygens (including phenoxy) is 3. The number of phenols is 3. The van der Waals surface area contributed by atoms with Gasteiger partial charge in [-0.05, 0) is 62.6 Å². The van der Waals surface area contributed by atoms with Crippen molar-refractivity contribution in [2.75, 3.05) is 56.6 Å². The Hall–Kier alpha value is -8.89. The number of nitrogens with two attached hydrogens (primary N) is 2. The molecule has 10 atom stereocenters. The smallest absolute Gasteiger partial charge is 0.341 e. The average molecular weight is 1220 g/mol. The average Bonchev–Trinajstić information content (AvgIpc) is 1.43. The van der Waals surface area contributed by atoms with Gasteiger partial charge in [0.1, 0.15) is 34.8 Å². The van der Waals surface area contributed by atoms with Crippen LogP contribution < -0.4 is 27.1 Å². The van der Waals surface area contributed by atoms with Crippen LogP contribution in [0.1, 0.15) is 78.4 Å². The van der Waals surface area contributed by atoms with Crippen molar-refractivity contribution in [2.45, 2.75) is 96.5 Å². The largest absolute Gasteiger partial charge is 0.507 e. The number of hydrogen-bond acceptors (Lipinski definition) is 20.